The maximum Gasteiger partial charge on any atom is 0.223 e. The van der Waals surface area contributed by atoms with Gasteiger partial charge in [0.25, 0.3) is 0 Å². The molecule has 13 heteroatoms. The lowest BCUT2D eigenvalue weighted by atomic mass is 9.92. The van der Waals surface area contributed by atoms with Gasteiger partial charge in [-0.15, -0.1) is 11.3 Å². The average molecular weight is 640 g/mol. The molecule has 0 spiro atoms. The zero-order chi connectivity index (χ0) is 33.2. The number of benzene rings is 1. The van der Waals surface area contributed by atoms with Crippen molar-refractivity contribution in [3.63, 3.8) is 0 Å². The summed E-state index contributed by atoms with van der Waals surface area (Å²) in [4.78, 5) is 37.6. The molecule has 0 radical (unpaired) electrons. The van der Waals surface area contributed by atoms with Crippen LogP contribution in [0.3, 0.4) is 0 Å². The van der Waals surface area contributed by atoms with Gasteiger partial charge >= 0.3 is 0 Å². The number of aromatic nitrogens is 1. The smallest absolute Gasteiger partial charge is 0.223 e. The van der Waals surface area contributed by atoms with Crippen LogP contribution in [0.25, 0.3) is 10.4 Å². The van der Waals surface area contributed by atoms with Gasteiger partial charge in [-0.05, 0) is 36.8 Å². The molecule has 0 bridgehead atoms. The molecule has 0 aliphatic carbocycles. The van der Waals surface area contributed by atoms with E-state index in [0.717, 1.165) is 30.8 Å². The number of aliphatic hydroxyl groups excluding tert-OH is 1. The molecular weight excluding hydrogens is 586 g/mol. The number of nitrogens with one attached hydrogen (secondary N) is 1. The van der Waals surface area contributed by atoms with Crippen LogP contribution in [-0.2, 0) is 35.1 Å². The molecule has 6 N–H and O–H groups in total. The molecule has 44 heavy (non-hydrogen) atoms. The van der Waals surface area contributed by atoms with Crippen molar-refractivity contribution in [1.29, 1.82) is 0 Å². The summed E-state index contributed by atoms with van der Waals surface area (Å²) in [6.45, 7) is 16.4. The highest BCUT2D eigenvalue weighted by molar-refractivity contribution is 7.13. The maximum atomic E-state index is 11.6. The number of hydrogen-bond acceptors (Lipinski definition) is 10. The lowest BCUT2D eigenvalue weighted by molar-refractivity contribution is -0.132. The van der Waals surface area contributed by atoms with Gasteiger partial charge in [0.1, 0.15) is 0 Å². The number of aryl methyl sites for hydroxylation is 1. The summed E-state index contributed by atoms with van der Waals surface area (Å²) in [5, 5.41) is 11.9. The van der Waals surface area contributed by atoms with E-state index in [0.29, 0.717) is 65.5 Å². The van der Waals surface area contributed by atoms with E-state index in [1.807, 2.05) is 31.5 Å². The first-order valence-electron chi connectivity index (χ1n) is 14.7. The number of rotatable bonds is 14. The summed E-state index contributed by atoms with van der Waals surface area (Å²) in [5.74, 6) is 0.170. The third-order valence-electron chi connectivity index (χ3n) is 5.76. The molecule has 1 aliphatic heterocycles. The zero-order valence-corrected chi connectivity index (χ0v) is 27.8. The van der Waals surface area contributed by atoms with Crippen molar-refractivity contribution in [3.05, 3.63) is 41.0 Å². The van der Waals surface area contributed by atoms with E-state index in [1.54, 1.807) is 16.2 Å². The highest BCUT2D eigenvalue weighted by Gasteiger charge is 2.27. The first kappa shape index (κ1) is 41.1. The van der Waals surface area contributed by atoms with Crippen molar-refractivity contribution < 1.29 is 33.7 Å². The Kier molecular flexibility index (Phi) is 23.7. The Balaban J connectivity index is 0.000000610. The highest BCUT2D eigenvalue weighted by atomic mass is 32.1. The highest BCUT2D eigenvalue weighted by Crippen LogP contribution is 2.27. The lowest BCUT2D eigenvalue weighted by Crippen LogP contribution is -2.32. The molecule has 12 nitrogen and oxygen atoms in total. The Morgan fingerprint density at radius 1 is 1.11 bits per heavy atom. The van der Waals surface area contributed by atoms with Gasteiger partial charge in [-0.3, -0.25) is 14.4 Å². The van der Waals surface area contributed by atoms with E-state index >= 15 is 0 Å². The topological polar surface area (TPSA) is 179 Å². The van der Waals surface area contributed by atoms with Gasteiger partial charge in [-0.1, -0.05) is 45.0 Å². The largest absolute Gasteiger partial charge is 0.391 e. The first-order valence-corrected chi connectivity index (χ1v) is 15.6. The van der Waals surface area contributed by atoms with Crippen molar-refractivity contribution in [1.82, 2.24) is 15.2 Å². The van der Waals surface area contributed by atoms with Gasteiger partial charge in [-0.2, -0.15) is 0 Å². The minimum Gasteiger partial charge on any atom is -0.391 e. The first-order chi connectivity index (χ1) is 21.0. The second-order valence-electron chi connectivity index (χ2n) is 10.8. The molecule has 1 aromatic heterocycles. The van der Waals surface area contributed by atoms with Crippen molar-refractivity contribution in [2.75, 3.05) is 59.3 Å². The number of β-amino-alcohol motifs (C(OH)–C–C–N with tert-alkyl or cyclic N) is 1. The standard InChI is InChI=1S/C12H12N2OS.C10H19NO2.C8H19NO3.CH3NO/c1-9-12(16-8-14-9)11-4-2-10(3-5-11)6-13-7-15;1-10(2,3)6-9(13)11-5-4-8(12)7-11;1-2-10-5-6-12-8-7-11-4-3-9;2-1-3/h2-5,7-8H,6H2,1H3,(H,13,15);8,12H,4-7H2,1-3H3;2-9H2,1H3;1H,(H2,2,3). The van der Waals surface area contributed by atoms with E-state index in [4.69, 9.17) is 24.7 Å². The molecule has 1 aliphatic rings. The molecule has 3 rings (SSSR count). The van der Waals surface area contributed by atoms with Crippen LogP contribution in [0.15, 0.2) is 29.8 Å². The molecule has 1 atom stereocenters. The molecule has 0 saturated carbocycles. The summed E-state index contributed by atoms with van der Waals surface area (Å²) in [6.07, 6.45) is 1.96. The van der Waals surface area contributed by atoms with Gasteiger partial charge in [0.05, 0.1) is 55.2 Å². The number of nitrogens with two attached hydrogens (primary N) is 2. The second kappa shape index (κ2) is 25.4. The van der Waals surface area contributed by atoms with Gasteiger partial charge < -0.3 is 41.0 Å². The zero-order valence-electron chi connectivity index (χ0n) is 27.0. The van der Waals surface area contributed by atoms with Crippen molar-refractivity contribution in [2.45, 2.75) is 60.1 Å². The quantitative estimate of drug-likeness (QED) is 0.178. The van der Waals surface area contributed by atoms with Crippen molar-refractivity contribution >= 4 is 30.1 Å². The van der Waals surface area contributed by atoms with Crippen LogP contribution in [0.4, 0.5) is 0 Å². The van der Waals surface area contributed by atoms with E-state index in [1.165, 1.54) is 10.4 Å². The Bertz CT molecular complexity index is 1010. The van der Waals surface area contributed by atoms with Gasteiger partial charge in [-0.25, -0.2) is 4.98 Å². The summed E-state index contributed by atoms with van der Waals surface area (Å²) in [5.41, 5.74) is 14.6. The van der Waals surface area contributed by atoms with Gasteiger partial charge in [0.2, 0.25) is 18.7 Å². The number of carbonyl (C=O) groups excluding carboxylic acids is 3. The fraction of sp³-hybridized carbons (Fsp3) is 0.613. The third kappa shape index (κ3) is 20.9. The summed E-state index contributed by atoms with van der Waals surface area (Å²) in [6, 6.07) is 8.15. The van der Waals surface area contributed by atoms with Crippen LogP contribution in [0, 0.1) is 12.3 Å². The van der Waals surface area contributed by atoms with Crippen LogP contribution in [0.5, 0.6) is 0 Å². The Hall–Kier alpha value is -2.94. The van der Waals surface area contributed by atoms with Crippen LogP contribution in [0.2, 0.25) is 0 Å². The van der Waals surface area contributed by atoms with Crippen LogP contribution in [0.1, 0.15) is 51.8 Å². The number of likely N-dealkylation sites (tertiary alicyclic amines) is 1. The van der Waals surface area contributed by atoms with Gasteiger partial charge in [0, 0.05) is 39.2 Å². The number of nitrogens with zero attached hydrogens (tertiary/aromatic N) is 2. The molecular formula is C31H53N5O7S. The fourth-order valence-electron chi connectivity index (χ4n) is 3.71. The number of primary amides is 1. The molecule has 1 aromatic carbocycles. The Labute approximate surface area is 266 Å². The van der Waals surface area contributed by atoms with E-state index in [2.05, 4.69) is 48.9 Å². The van der Waals surface area contributed by atoms with Crippen LogP contribution in [-0.4, -0.2) is 99.1 Å². The number of thiazole rings is 1. The summed E-state index contributed by atoms with van der Waals surface area (Å²) in [7, 11) is 0. The number of carbonyl (C=O) groups is 3. The number of aliphatic hydroxyl groups is 1. The molecule has 1 unspecified atom stereocenters. The number of amides is 3. The predicted octanol–water partition coefficient (Wildman–Crippen LogP) is 2.50. The van der Waals surface area contributed by atoms with E-state index < -0.39 is 0 Å². The molecule has 1 fully saturated rings. The SMILES string of the molecule is CC(C)(C)CC(=O)N1CCC(O)C1.CCOCCOCCOCCN.Cc1ncsc1-c1ccc(CNC=O)cc1.NC=O. The Morgan fingerprint density at radius 2 is 1.70 bits per heavy atom. The molecule has 2 heterocycles. The van der Waals surface area contributed by atoms with Gasteiger partial charge in [0.15, 0.2) is 0 Å². The minimum absolute atomic E-state index is 0.0463. The fourth-order valence-corrected chi connectivity index (χ4v) is 4.53. The Morgan fingerprint density at radius 3 is 2.16 bits per heavy atom. The predicted molar refractivity (Wildman–Crippen MR) is 174 cm³/mol. The van der Waals surface area contributed by atoms with E-state index in [-0.39, 0.29) is 23.8 Å². The molecule has 2 aromatic rings. The van der Waals surface area contributed by atoms with Crippen molar-refractivity contribution in [3.8, 4) is 10.4 Å². The number of ether oxygens (including phenoxy) is 3. The molecule has 1 saturated heterocycles. The van der Waals surface area contributed by atoms with E-state index in [9.17, 15) is 14.7 Å². The third-order valence-corrected chi connectivity index (χ3v) is 6.74. The van der Waals surface area contributed by atoms with Crippen LogP contribution < -0.4 is 16.8 Å². The normalized spacial score (nSPS) is 13.8. The average Bonchev–Trinajstić information content (AvgIpc) is 3.62. The molecule has 3 amide bonds. The summed E-state index contributed by atoms with van der Waals surface area (Å²) < 4.78 is 15.4. The lowest BCUT2D eigenvalue weighted by Gasteiger charge is -2.22. The van der Waals surface area contributed by atoms with Crippen LogP contribution >= 0.6 is 11.3 Å². The second-order valence-corrected chi connectivity index (χ2v) is 11.7. The van der Waals surface area contributed by atoms with Crippen molar-refractivity contribution in [2.24, 2.45) is 16.9 Å². The monoisotopic (exact) mass is 639 g/mol. The summed E-state index contributed by atoms with van der Waals surface area (Å²) >= 11 is 1.64. The minimum atomic E-state index is -0.302. The number of hydrogen-bond donors (Lipinski definition) is 4. The molecule has 250 valence electrons. The maximum absolute atomic E-state index is 11.6.